The number of ether oxygens (including phenoxy) is 2. The molecule has 0 unspecified atom stereocenters. The normalized spacial score (nSPS) is 21.1. The Labute approximate surface area is 119 Å². The van der Waals surface area contributed by atoms with Gasteiger partial charge in [0.15, 0.2) is 0 Å². The Morgan fingerprint density at radius 1 is 1.35 bits per heavy atom. The van der Waals surface area contributed by atoms with E-state index in [1.165, 1.54) is 0 Å². The zero-order chi connectivity index (χ0) is 14.5. The maximum atomic E-state index is 11.8. The van der Waals surface area contributed by atoms with Crippen molar-refractivity contribution < 1.29 is 14.3 Å². The number of esters is 1. The summed E-state index contributed by atoms with van der Waals surface area (Å²) in [6.45, 7) is 4.88. The van der Waals surface area contributed by atoms with E-state index in [-0.39, 0.29) is 5.97 Å². The summed E-state index contributed by atoms with van der Waals surface area (Å²) in [5.41, 5.74) is 7.56. The van der Waals surface area contributed by atoms with Gasteiger partial charge in [-0.25, -0.2) is 4.79 Å². The van der Waals surface area contributed by atoms with Crippen LogP contribution in [0.3, 0.4) is 0 Å². The Balaban J connectivity index is 1.96. The highest BCUT2D eigenvalue weighted by molar-refractivity contribution is 5.96. The van der Waals surface area contributed by atoms with Crippen LogP contribution >= 0.6 is 0 Å². The van der Waals surface area contributed by atoms with Gasteiger partial charge in [-0.2, -0.15) is 0 Å². The molecule has 0 saturated heterocycles. The zero-order valence-electron chi connectivity index (χ0n) is 12.0. The van der Waals surface area contributed by atoms with Crippen molar-refractivity contribution in [2.75, 3.05) is 24.3 Å². The molecule has 2 rings (SSSR count). The standard InChI is InChI=1S/C15H22N2O3/c1-3-19-12-7-11(8-12)17-10-5-6-14(16)13(9-10)15(18)20-4-2/h5-6,9,11-12,17H,3-4,7-8,16H2,1-2H3. The molecule has 0 aromatic heterocycles. The minimum Gasteiger partial charge on any atom is -0.462 e. The third kappa shape index (κ3) is 3.42. The van der Waals surface area contributed by atoms with Crippen LogP contribution in [-0.4, -0.2) is 31.3 Å². The molecule has 110 valence electrons. The van der Waals surface area contributed by atoms with Gasteiger partial charge < -0.3 is 20.5 Å². The minimum atomic E-state index is -0.380. The molecule has 1 aliphatic carbocycles. The Kier molecular flexibility index (Phi) is 4.84. The lowest BCUT2D eigenvalue weighted by Gasteiger charge is -2.36. The summed E-state index contributed by atoms with van der Waals surface area (Å²) in [5, 5.41) is 3.39. The Morgan fingerprint density at radius 2 is 2.10 bits per heavy atom. The average Bonchev–Trinajstić information content (AvgIpc) is 2.38. The molecule has 1 saturated carbocycles. The summed E-state index contributed by atoms with van der Waals surface area (Å²) in [7, 11) is 0. The number of carbonyl (C=O) groups excluding carboxylic acids is 1. The molecule has 3 N–H and O–H groups in total. The van der Waals surface area contributed by atoms with Crippen molar-refractivity contribution in [2.45, 2.75) is 38.8 Å². The van der Waals surface area contributed by atoms with Crippen LogP contribution in [0.1, 0.15) is 37.0 Å². The number of nitrogens with two attached hydrogens (primary N) is 1. The van der Waals surface area contributed by atoms with Gasteiger partial charge in [0.2, 0.25) is 0 Å². The smallest absolute Gasteiger partial charge is 0.340 e. The van der Waals surface area contributed by atoms with Crippen molar-refractivity contribution in [3.8, 4) is 0 Å². The van der Waals surface area contributed by atoms with Crippen LogP contribution in [0, 0.1) is 0 Å². The first kappa shape index (κ1) is 14.7. The molecule has 0 radical (unpaired) electrons. The van der Waals surface area contributed by atoms with E-state index in [0.717, 1.165) is 25.1 Å². The maximum absolute atomic E-state index is 11.8. The highest BCUT2D eigenvalue weighted by Gasteiger charge is 2.29. The lowest BCUT2D eigenvalue weighted by molar-refractivity contribution is 0.00298. The van der Waals surface area contributed by atoms with Crippen LogP contribution in [0.2, 0.25) is 0 Å². The third-order valence-corrected chi connectivity index (χ3v) is 3.42. The summed E-state index contributed by atoms with van der Waals surface area (Å²) in [6, 6.07) is 5.76. The van der Waals surface area contributed by atoms with Gasteiger partial charge >= 0.3 is 5.97 Å². The second kappa shape index (κ2) is 6.61. The van der Waals surface area contributed by atoms with Crippen LogP contribution in [-0.2, 0) is 9.47 Å². The lowest BCUT2D eigenvalue weighted by Crippen LogP contribution is -2.40. The molecular formula is C15H22N2O3. The molecule has 0 atom stereocenters. The first-order chi connectivity index (χ1) is 9.63. The topological polar surface area (TPSA) is 73.6 Å². The number of hydrogen-bond acceptors (Lipinski definition) is 5. The molecule has 5 heteroatoms. The van der Waals surface area contributed by atoms with Crippen molar-refractivity contribution in [1.29, 1.82) is 0 Å². The molecule has 0 amide bonds. The van der Waals surface area contributed by atoms with E-state index in [4.69, 9.17) is 15.2 Å². The number of nitrogen functional groups attached to an aromatic ring is 1. The van der Waals surface area contributed by atoms with E-state index in [1.54, 1.807) is 19.1 Å². The average molecular weight is 278 g/mol. The van der Waals surface area contributed by atoms with Crippen molar-refractivity contribution in [3.63, 3.8) is 0 Å². The van der Waals surface area contributed by atoms with Gasteiger partial charge in [-0.1, -0.05) is 0 Å². The van der Waals surface area contributed by atoms with Gasteiger partial charge in [-0.3, -0.25) is 0 Å². The van der Waals surface area contributed by atoms with Crippen LogP contribution in [0.25, 0.3) is 0 Å². The summed E-state index contributed by atoms with van der Waals surface area (Å²) >= 11 is 0. The molecule has 1 aliphatic rings. The zero-order valence-corrected chi connectivity index (χ0v) is 12.0. The number of anilines is 2. The predicted molar refractivity (Wildman–Crippen MR) is 78.9 cm³/mol. The number of carbonyl (C=O) groups is 1. The molecule has 1 aromatic rings. The van der Waals surface area contributed by atoms with Gasteiger partial charge in [0, 0.05) is 24.0 Å². The second-order valence-electron chi connectivity index (χ2n) is 4.91. The largest absolute Gasteiger partial charge is 0.462 e. The van der Waals surface area contributed by atoms with E-state index in [2.05, 4.69) is 5.32 Å². The van der Waals surface area contributed by atoms with Gasteiger partial charge in [-0.05, 0) is 44.9 Å². The molecule has 0 aliphatic heterocycles. The molecule has 0 spiro atoms. The van der Waals surface area contributed by atoms with Crippen molar-refractivity contribution in [1.82, 2.24) is 0 Å². The number of nitrogens with one attached hydrogen (secondary N) is 1. The van der Waals surface area contributed by atoms with Crippen LogP contribution in [0.4, 0.5) is 11.4 Å². The van der Waals surface area contributed by atoms with E-state index >= 15 is 0 Å². The van der Waals surface area contributed by atoms with Crippen LogP contribution in [0.5, 0.6) is 0 Å². The molecule has 20 heavy (non-hydrogen) atoms. The molecule has 0 bridgehead atoms. The monoisotopic (exact) mass is 278 g/mol. The Morgan fingerprint density at radius 3 is 2.75 bits per heavy atom. The first-order valence-electron chi connectivity index (χ1n) is 7.08. The maximum Gasteiger partial charge on any atom is 0.340 e. The van der Waals surface area contributed by atoms with Crippen LogP contribution < -0.4 is 11.1 Å². The second-order valence-corrected chi connectivity index (χ2v) is 4.91. The van der Waals surface area contributed by atoms with Gasteiger partial charge in [0.25, 0.3) is 0 Å². The van der Waals surface area contributed by atoms with Crippen molar-refractivity contribution >= 4 is 17.3 Å². The predicted octanol–water partition coefficient (Wildman–Crippen LogP) is 2.42. The molecule has 5 nitrogen and oxygen atoms in total. The Bertz CT molecular complexity index is 470. The molecular weight excluding hydrogens is 256 g/mol. The summed E-state index contributed by atoms with van der Waals surface area (Å²) in [5.74, 6) is -0.380. The highest BCUT2D eigenvalue weighted by Crippen LogP contribution is 2.28. The number of benzene rings is 1. The van der Waals surface area contributed by atoms with E-state index in [9.17, 15) is 4.79 Å². The minimum absolute atomic E-state index is 0.342. The fraction of sp³-hybridized carbons (Fsp3) is 0.533. The fourth-order valence-electron chi connectivity index (χ4n) is 2.32. The van der Waals surface area contributed by atoms with E-state index in [0.29, 0.717) is 30.0 Å². The van der Waals surface area contributed by atoms with Gasteiger partial charge in [0.1, 0.15) is 0 Å². The van der Waals surface area contributed by atoms with E-state index in [1.807, 2.05) is 13.0 Å². The SMILES string of the molecule is CCOC(=O)c1cc(NC2CC(OCC)C2)ccc1N. The number of hydrogen-bond donors (Lipinski definition) is 2. The van der Waals surface area contributed by atoms with Crippen LogP contribution in [0.15, 0.2) is 18.2 Å². The molecule has 0 heterocycles. The highest BCUT2D eigenvalue weighted by atomic mass is 16.5. The molecule has 1 aromatic carbocycles. The fourth-order valence-corrected chi connectivity index (χ4v) is 2.32. The summed E-state index contributed by atoms with van der Waals surface area (Å²) < 4.78 is 10.5. The first-order valence-corrected chi connectivity index (χ1v) is 7.08. The number of rotatable bonds is 6. The van der Waals surface area contributed by atoms with Crippen molar-refractivity contribution in [2.24, 2.45) is 0 Å². The quantitative estimate of drug-likeness (QED) is 0.617. The summed E-state index contributed by atoms with van der Waals surface area (Å²) in [4.78, 5) is 11.8. The lowest BCUT2D eigenvalue weighted by atomic mass is 9.89. The Hall–Kier alpha value is -1.75. The van der Waals surface area contributed by atoms with E-state index < -0.39 is 0 Å². The molecule has 1 fully saturated rings. The van der Waals surface area contributed by atoms with Gasteiger partial charge in [0.05, 0.1) is 18.3 Å². The van der Waals surface area contributed by atoms with Gasteiger partial charge in [-0.15, -0.1) is 0 Å². The third-order valence-electron chi connectivity index (χ3n) is 3.42. The summed E-state index contributed by atoms with van der Waals surface area (Å²) in [6.07, 6.45) is 2.34. The van der Waals surface area contributed by atoms with Crippen molar-refractivity contribution in [3.05, 3.63) is 23.8 Å².